The van der Waals surface area contributed by atoms with Gasteiger partial charge in [-0.2, -0.15) is 0 Å². The van der Waals surface area contributed by atoms with Crippen LogP contribution in [0.5, 0.6) is 0 Å². The zero-order chi connectivity index (χ0) is 22.8. The summed E-state index contributed by atoms with van der Waals surface area (Å²) in [5, 5.41) is 10.1. The average Bonchev–Trinajstić information content (AvgIpc) is 3.57. The van der Waals surface area contributed by atoms with E-state index in [0.717, 1.165) is 56.1 Å². The van der Waals surface area contributed by atoms with Crippen molar-refractivity contribution in [2.75, 3.05) is 31.1 Å². The van der Waals surface area contributed by atoms with Crippen molar-refractivity contribution in [1.82, 2.24) is 16.0 Å². The molecule has 3 atom stereocenters. The fourth-order valence-electron chi connectivity index (χ4n) is 5.32. The first-order valence-electron chi connectivity index (χ1n) is 12.2. The first-order chi connectivity index (χ1) is 15.3. The molecule has 0 bridgehead atoms. The molecule has 0 aromatic heterocycles. The van der Waals surface area contributed by atoms with Crippen molar-refractivity contribution in [1.29, 1.82) is 0 Å². The number of anilines is 1. The second-order valence-corrected chi connectivity index (χ2v) is 10.5. The van der Waals surface area contributed by atoms with Crippen LogP contribution in [0.1, 0.15) is 61.9 Å². The van der Waals surface area contributed by atoms with Gasteiger partial charge in [0.15, 0.2) is 0 Å². The molecule has 2 aliphatic heterocycles. The molecule has 7 heteroatoms. The number of benzene rings is 1. The van der Waals surface area contributed by atoms with Gasteiger partial charge in [0.1, 0.15) is 0 Å². The molecule has 4 rings (SSSR count). The number of hydrogen-bond acceptors (Lipinski definition) is 4. The van der Waals surface area contributed by atoms with Gasteiger partial charge in [0.25, 0.3) is 5.91 Å². The van der Waals surface area contributed by atoms with Gasteiger partial charge in [0.05, 0.1) is 5.92 Å². The molecule has 1 aromatic rings. The van der Waals surface area contributed by atoms with Gasteiger partial charge in [0, 0.05) is 41.4 Å². The van der Waals surface area contributed by atoms with E-state index in [-0.39, 0.29) is 29.7 Å². The highest BCUT2D eigenvalue weighted by Gasteiger charge is 2.33. The molecule has 2 heterocycles. The van der Waals surface area contributed by atoms with E-state index in [4.69, 9.17) is 11.6 Å². The zero-order valence-electron chi connectivity index (χ0n) is 19.5. The molecule has 0 spiro atoms. The quantitative estimate of drug-likeness (QED) is 0.582. The number of rotatable bonds is 7. The molecule has 3 unspecified atom stereocenters. The van der Waals surface area contributed by atoms with Gasteiger partial charge in [-0.1, -0.05) is 18.5 Å². The molecule has 1 saturated carbocycles. The Bertz CT molecular complexity index is 851. The van der Waals surface area contributed by atoms with Gasteiger partial charge < -0.3 is 20.9 Å². The van der Waals surface area contributed by atoms with Crippen LogP contribution in [-0.4, -0.2) is 50.1 Å². The monoisotopic (exact) mass is 460 g/mol. The molecule has 3 fully saturated rings. The first kappa shape index (κ1) is 23.4. The SMILES string of the molecule is Cc1c(C(=O)NCC2C(=O)NC(C)CC2C)cc(Cl)cc1N(CC1CC1)C1CCNCC1. The number of carbonyl (C=O) groups is 2. The fourth-order valence-corrected chi connectivity index (χ4v) is 5.53. The van der Waals surface area contributed by atoms with Crippen LogP contribution in [0.3, 0.4) is 0 Å². The van der Waals surface area contributed by atoms with E-state index < -0.39 is 0 Å². The second kappa shape index (κ2) is 10.0. The van der Waals surface area contributed by atoms with Crippen LogP contribution in [-0.2, 0) is 4.79 Å². The van der Waals surface area contributed by atoms with E-state index in [1.165, 1.54) is 12.8 Å². The molecular weight excluding hydrogens is 424 g/mol. The molecule has 1 aromatic carbocycles. The van der Waals surface area contributed by atoms with E-state index in [0.29, 0.717) is 23.2 Å². The summed E-state index contributed by atoms with van der Waals surface area (Å²) in [6.07, 6.45) is 5.71. The highest BCUT2D eigenvalue weighted by molar-refractivity contribution is 6.31. The summed E-state index contributed by atoms with van der Waals surface area (Å²) < 4.78 is 0. The van der Waals surface area contributed by atoms with Crippen molar-refractivity contribution >= 4 is 29.1 Å². The Balaban J connectivity index is 1.52. The van der Waals surface area contributed by atoms with Crippen LogP contribution in [0.15, 0.2) is 12.1 Å². The third-order valence-corrected chi connectivity index (χ3v) is 7.64. The van der Waals surface area contributed by atoms with Crippen molar-refractivity contribution in [2.24, 2.45) is 17.8 Å². The van der Waals surface area contributed by atoms with Gasteiger partial charge in [-0.15, -0.1) is 0 Å². The van der Waals surface area contributed by atoms with Gasteiger partial charge in [-0.05, 0) is 88.6 Å². The molecular formula is C25H37ClN4O2. The smallest absolute Gasteiger partial charge is 0.251 e. The lowest BCUT2D eigenvalue weighted by atomic mass is 9.84. The maximum Gasteiger partial charge on any atom is 0.251 e. The fraction of sp³-hybridized carbons (Fsp3) is 0.680. The summed E-state index contributed by atoms with van der Waals surface area (Å²) in [7, 11) is 0. The van der Waals surface area contributed by atoms with Crippen molar-refractivity contribution < 1.29 is 9.59 Å². The molecule has 1 aliphatic carbocycles. The van der Waals surface area contributed by atoms with Gasteiger partial charge in [0.2, 0.25) is 5.91 Å². The number of halogens is 1. The zero-order valence-corrected chi connectivity index (χ0v) is 20.3. The Morgan fingerprint density at radius 1 is 1.19 bits per heavy atom. The van der Waals surface area contributed by atoms with Gasteiger partial charge >= 0.3 is 0 Å². The molecule has 2 amide bonds. The Hall–Kier alpha value is -1.79. The lowest BCUT2D eigenvalue weighted by molar-refractivity contribution is -0.129. The minimum atomic E-state index is -0.199. The lowest BCUT2D eigenvalue weighted by Gasteiger charge is -2.38. The Morgan fingerprint density at radius 3 is 2.56 bits per heavy atom. The number of nitrogens with one attached hydrogen (secondary N) is 3. The normalized spacial score (nSPS) is 26.5. The van der Waals surface area contributed by atoms with E-state index in [1.54, 1.807) is 6.07 Å². The van der Waals surface area contributed by atoms with Crippen LogP contribution in [0.4, 0.5) is 5.69 Å². The highest BCUT2D eigenvalue weighted by Crippen LogP contribution is 2.37. The summed E-state index contributed by atoms with van der Waals surface area (Å²) in [6, 6.07) is 4.45. The molecule has 0 radical (unpaired) electrons. The molecule has 176 valence electrons. The predicted octanol–water partition coefficient (Wildman–Crippen LogP) is 3.51. The van der Waals surface area contributed by atoms with Gasteiger partial charge in [-0.25, -0.2) is 0 Å². The minimum absolute atomic E-state index is 0.0292. The topological polar surface area (TPSA) is 73.5 Å². The summed E-state index contributed by atoms with van der Waals surface area (Å²) in [5.41, 5.74) is 2.67. The first-order valence-corrected chi connectivity index (χ1v) is 12.6. The number of piperidine rings is 2. The molecule has 2 saturated heterocycles. The van der Waals surface area contributed by atoms with E-state index in [9.17, 15) is 9.59 Å². The van der Waals surface area contributed by atoms with Crippen LogP contribution in [0.2, 0.25) is 5.02 Å². The van der Waals surface area contributed by atoms with Crippen molar-refractivity contribution in [3.63, 3.8) is 0 Å². The maximum atomic E-state index is 13.2. The number of amides is 2. The molecule has 3 aliphatic rings. The van der Waals surface area contributed by atoms with Crippen molar-refractivity contribution in [3.8, 4) is 0 Å². The summed E-state index contributed by atoms with van der Waals surface area (Å²) in [4.78, 5) is 28.1. The number of hydrogen-bond donors (Lipinski definition) is 3. The highest BCUT2D eigenvalue weighted by atomic mass is 35.5. The number of nitrogens with zero attached hydrogens (tertiary/aromatic N) is 1. The molecule has 3 N–H and O–H groups in total. The molecule has 6 nitrogen and oxygen atoms in total. The van der Waals surface area contributed by atoms with Crippen LogP contribution >= 0.6 is 11.6 Å². The minimum Gasteiger partial charge on any atom is -0.368 e. The summed E-state index contributed by atoms with van der Waals surface area (Å²) in [5.74, 6) is 0.664. The van der Waals surface area contributed by atoms with Crippen LogP contribution < -0.4 is 20.9 Å². The Labute approximate surface area is 196 Å². The predicted molar refractivity (Wildman–Crippen MR) is 129 cm³/mol. The van der Waals surface area contributed by atoms with Gasteiger partial charge in [-0.3, -0.25) is 9.59 Å². The second-order valence-electron chi connectivity index (χ2n) is 10.1. The van der Waals surface area contributed by atoms with Crippen molar-refractivity contribution in [3.05, 3.63) is 28.3 Å². The van der Waals surface area contributed by atoms with E-state index >= 15 is 0 Å². The lowest BCUT2D eigenvalue weighted by Crippen LogP contribution is -2.50. The Morgan fingerprint density at radius 2 is 1.91 bits per heavy atom. The Kier molecular flexibility index (Phi) is 7.30. The largest absolute Gasteiger partial charge is 0.368 e. The summed E-state index contributed by atoms with van der Waals surface area (Å²) in [6.45, 7) is 9.57. The molecule has 32 heavy (non-hydrogen) atoms. The maximum absolute atomic E-state index is 13.2. The summed E-state index contributed by atoms with van der Waals surface area (Å²) >= 11 is 6.53. The van der Waals surface area contributed by atoms with Crippen LogP contribution in [0, 0.1) is 24.7 Å². The average molecular weight is 461 g/mol. The standard InChI is InChI=1S/C25H37ClN4O2/c1-15-10-16(2)29-25(32)22(15)13-28-24(31)21-11-19(26)12-23(17(21)3)30(14-18-4-5-18)20-6-8-27-9-7-20/h11-12,15-16,18,20,22,27H,4-10,13-14H2,1-3H3,(H,28,31)(H,29,32). The van der Waals surface area contributed by atoms with Crippen molar-refractivity contribution in [2.45, 2.75) is 65.0 Å². The third kappa shape index (κ3) is 5.40. The van der Waals surface area contributed by atoms with E-state index in [1.807, 2.05) is 19.9 Å². The third-order valence-electron chi connectivity index (χ3n) is 7.42. The van der Waals surface area contributed by atoms with E-state index in [2.05, 4.69) is 27.8 Å². The van der Waals surface area contributed by atoms with Crippen LogP contribution in [0.25, 0.3) is 0 Å². The number of carbonyl (C=O) groups excluding carboxylic acids is 2.